The van der Waals surface area contributed by atoms with E-state index in [1.54, 1.807) is 0 Å². The van der Waals surface area contributed by atoms with Gasteiger partial charge in [0.25, 0.3) is 0 Å². The van der Waals surface area contributed by atoms with Gasteiger partial charge in [0.05, 0.1) is 0 Å². The Morgan fingerprint density at radius 3 is 2.69 bits per heavy atom. The van der Waals surface area contributed by atoms with Crippen LogP contribution in [-0.4, -0.2) is 53.2 Å². The molecule has 0 aromatic heterocycles. The average molecular weight is 360 g/mol. The molecule has 1 aliphatic rings. The molecule has 1 fully saturated rings. The summed E-state index contributed by atoms with van der Waals surface area (Å²) in [6, 6.07) is 7.58. The number of nitrogens with zero attached hydrogens (tertiary/aromatic N) is 1. The number of ether oxygens (including phenoxy) is 1. The zero-order chi connectivity index (χ0) is 18.9. The molecule has 7 heteroatoms. The van der Waals surface area contributed by atoms with E-state index >= 15 is 0 Å². The Labute approximate surface area is 152 Å². The molecule has 2 rings (SSSR count). The molecule has 2 atom stereocenters. The van der Waals surface area contributed by atoms with Crippen LogP contribution in [-0.2, 0) is 20.7 Å². The van der Waals surface area contributed by atoms with Crippen molar-refractivity contribution in [2.24, 2.45) is 0 Å². The lowest BCUT2D eigenvalue weighted by atomic mass is 10.0. The number of esters is 1. The Kier molecular flexibility index (Phi) is 7.20. The fraction of sp³-hybridized carbons (Fsp3) is 0.421. The number of carbonyl (C=O) groups excluding carboxylic acids is 2. The molecule has 1 heterocycles. The average Bonchev–Trinajstić information content (AvgIpc) is 2.66. The molecule has 1 aromatic carbocycles. The Morgan fingerprint density at radius 2 is 2.04 bits per heavy atom. The van der Waals surface area contributed by atoms with Gasteiger partial charge in [0.1, 0.15) is 18.7 Å². The molecule has 0 saturated carbocycles. The van der Waals surface area contributed by atoms with Crippen molar-refractivity contribution in [3.8, 4) is 0 Å². The van der Waals surface area contributed by atoms with E-state index in [4.69, 9.17) is 4.74 Å². The number of likely N-dealkylation sites (tertiary alicyclic amines) is 1. The molecule has 0 bridgehead atoms. The van der Waals surface area contributed by atoms with Gasteiger partial charge in [0.2, 0.25) is 5.91 Å². The number of carboxylic acid groups (broad SMARTS) is 1. The van der Waals surface area contributed by atoms with Gasteiger partial charge < -0.3 is 15.2 Å². The fourth-order valence-corrected chi connectivity index (χ4v) is 2.99. The highest BCUT2D eigenvalue weighted by molar-refractivity contribution is 5.89. The van der Waals surface area contributed by atoms with Gasteiger partial charge in [0.15, 0.2) is 0 Å². The quantitative estimate of drug-likeness (QED) is 0.572. The lowest BCUT2D eigenvalue weighted by molar-refractivity contribution is -0.147. The SMILES string of the molecule is C=CCOC(=O)[C@@H](Cc1ccccc1)NC(=O)[C@@H]1CCCCN1C(=O)O. The Morgan fingerprint density at radius 1 is 1.31 bits per heavy atom. The smallest absolute Gasteiger partial charge is 0.407 e. The number of rotatable bonds is 7. The van der Waals surface area contributed by atoms with Crippen LogP contribution in [0.15, 0.2) is 43.0 Å². The standard InChI is InChI=1S/C19H24N2O5/c1-2-12-26-18(23)15(13-14-8-4-3-5-9-14)20-17(22)16-10-6-7-11-21(16)19(24)25/h2-5,8-9,15-16H,1,6-7,10-13H2,(H,20,22)(H,24,25)/t15-,16+/m1/s1. The van der Waals surface area contributed by atoms with E-state index in [9.17, 15) is 19.5 Å². The number of amides is 2. The van der Waals surface area contributed by atoms with Gasteiger partial charge in [0, 0.05) is 13.0 Å². The maximum absolute atomic E-state index is 12.6. The van der Waals surface area contributed by atoms with Crippen LogP contribution in [0.2, 0.25) is 0 Å². The van der Waals surface area contributed by atoms with E-state index < -0.39 is 30.1 Å². The third-order valence-electron chi connectivity index (χ3n) is 4.28. The van der Waals surface area contributed by atoms with Crippen molar-refractivity contribution in [2.75, 3.05) is 13.2 Å². The first-order valence-electron chi connectivity index (χ1n) is 8.64. The molecule has 7 nitrogen and oxygen atoms in total. The summed E-state index contributed by atoms with van der Waals surface area (Å²) in [4.78, 5) is 37.5. The van der Waals surface area contributed by atoms with Crippen LogP contribution >= 0.6 is 0 Å². The van der Waals surface area contributed by atoms with Crippen molar-refractivity contribution in [2.45, 2.75) is 37.8 Å². The molecule has 2 amide bonds. The van der Waals surface area contributed by atoms with Crippen molar-refractivity contribution in [3.63, 3.8) is 0 Å². The Hall–Kier alpha value is -2.83. The minimum absolute atomic E-state index is 0.0463. The second-order valence-electron chi connectivity index (χ2n) is 6.16. The van der Waals surface area contributed by atoms with Gasteiger partial charge in [-0.2, -0.15) is 0 Å². The molecule has 1 aliphatic heterocycles. The van der Waals surface area contributed by atoms with Crippen molar-refractivity contribution < 1.29 is 24.2 Å². The normalized spacial score (nSPS) is 17.8. The van der Waals surface area contributed by atoms with E-state index in [0.717, 1.165) is 23.3 Å². The molecular weight excluding hydrogens is 336 g/mol. The molecule has 2 N–H and O–H groups in total. The van der Waals surface area contributed by atoms with Gasteiger partial charge in [-0.25, -0.2) is 9.59 Å². The van der Waals surface area contributed by atoms with Gasteiger partial charge in [-0.3, -0.25) is 9.69 Å². The summed E-state index contributed by atoms with van der Waals surface area (Å²) < 4.78 is 5.09. The highest BCUT2D eigenvalue weighted by Gasteiger charge is 2.34. The van der Waals surface area contributed by atoms with Crippen LogP contribution in [0.4, 0.5) is 4.79 Å². The number of piperidine rings is 1. The Bertz CT molecular complexity index is 647. The van der Waals surface area contributed by atoms with Gasteiger partial charge >= 0.3 is 12.1 Å². The van der Waals surface area contributed by atoms with Gasteiger partial charge in [-0.1, -0.05) is 43.0 Å². The second-order valence-corrected chi connectivity index (χ2v) is 6.16. The maximum Gasteiger partial charge on any atom is 0.407 e. The number of hydrogen-bond acceptors (Lipinski definition) is 4. The molecule has 26 heavy (non-hydrogen) atoms. The lowest BCUT2D eigenvalue weighted by Gasteiger charge is -2.33. The summed E-state index contributed by atoms with van der Waals surface area (Å²) >= 11 is 0. The fourth-order valence-electron chi connectivity index (χ4n) is 2.99. The minimum atomic E-state index is -1.13. The first-order valence-corrected chi connectivity index (χ1v) is 8.64. The zero-order valence-electron chi connectivity index (χ0n) is 14.6. The first-order chi connectivity index (χ1) is 12.5. The Balaban J connectivity index is 2.10. The maximum atomic E-state index is 12.6. The molecular formula is C19H24N2O5. The minimum Gasteiger partial charge on any atom is -0.465 e. The third-order valence-corrected chi connectivity index (χ3v) is 4.28. The topological polar surface area (TPSA) is 95.9 Å². The van der Waals surface area contributed by atoms with E-state index in [1.807, 2.05) is 30.3 Å². The van der Waals surface area contributed by atoms with E-state index in [2.05, 4.69) is 11.9 Å². The summed E-state index contributed by atoms with van der Waals surface area (Å²) in [5.74, 6) is -1.04. The highest BCUT2D eigenvalue weighted by Crippen LogP contribution is 2.18. The molecule has 140 valence electrons. The van der Waals surface area contributed by atoms with Crippen LogP contribution < -0.4 is 5.32 Å². The van der Waals surface area contributed by atoms with E-state index in [-0.39, 0.29) is 13.0 Å². The molecule has 0 aliphatic carbocycles. The number of nitrogens with one attached hydrogen (secondary N) is 1. The van der Waals surface area contributed by atoms with E-state index in [0.29, 0.717) is 13.0 Å². The number of carbonyl (C=O) groups is 3. The van der Waals surface area contributed by atoms with Gasteiger partial charge in [-0.15, -0.1) is 0 Å². The lowest BCUT2D eigenvalue weighted by Crippen LogP contribution is -2.55. The summed E-state index contributed by atoms with van der Waals surface area (Å²) in [6.07, 6.45) is 2.53. The van der Waals surface area contributed by atoms with Crippen molar-refractivity contribution in [1.29, 1.82) is 0 Å². The van der Waals surface area contributed by atoms with Gasteiger partial charge in [-0.05, 0) is 24.8 Å². The zero-order valence-corrected chi connectivity index (χ0v) is 14.6. The van der Waals surface area contributed by atoms with E-state index in [1.165, 1.54) is 6.08 Å². The van der Waals surface area contributed by atoms with Crippen LogP contribution in [0.3, 0.4) is 0 Å². The molecule has 1 saturated heterocycles. The summed E-state index contributed by atoms with van der Waals surface area (Å²) in [5, 5.41) is 12.0. The summed E-state index contributed by atoms with van der Waals surface area (Å²) in [7, 11) is 0. The highest BCUT2D eigenvalue weighted by atomic mass is 16.5. The van der Waals surface area contributed by atoms with Crippen LogP contribution in [0.1, 0.15) is 24.8 Å². The number of benzene rings is 1. The summed E-state index contributed by atoms with van der Waals surface area (Å²) in [5.41, 5.74) is 0.868. The molecule has 0 radical (unpaired) electrons. The first kappa shape index (κ1) is 19.5. The van der Waals surface area contributed by atoms with Crippen molar-refractivity contribution in [3.05, 3.63) is 48.6 Å². The second kappa shape index (κ2) is 9.60. The summed E-state index contributed by atoms with van der Waals surface area (Å²) in [6.45, 7) is 3.87. The predicted octanol–water partition coefficient (Wildman–Crippen LogP) is 1.98. The van der Waals surface area contributed by atoms with Crippen LogP contribution in [0.25, 0.3) is 0 Å². The third kappa shape index (κ3) is 5.34. The monoisotopic (exact) mass is 360 g/mol. The van der Waals surface area contributed by atoms with Crippen LogP contribution in [0.5, 0.6) is 0 Å². The molecule has 1 aromatic rings. The van der Waals surface area contributed by atoms with Crippen molar-refractivity contribution >= 4 is 18.0 Å². The molecule has 0 spiro atoms. The van der Waals surface area contributed by atoms with Crippen LogP contribution in [0, 0.1) is 0 Å². The molecule has 0 unspecified atom stereocenters. The number of hydrogen-bond donors (Lipinski definition) is 2. The largest absolute Gasteiger partial charge is 0.465 e. The van der Waals surface area contributed by atoms with Crippen molar-refractivity contribution in [1.82, 2.24) is 10.2 Å². The predicted molar refractivity (Wildman–Crippen MR) is 95.6 cm³/mol.